The number of aliphatic hydroxyl groups is 2. The summed E-state index contributed by atoms with van der Waals surface area (Å²) >= 11 is 0. The normalized spacial score (nSPS) is 43.9. The van der Waals surface area contributed by atoms with Crippen LogP contribution >= 0.6 is 0 Å². The highest BCUT2D eigenvalue weighted by molar-refractivity contribution is 5.87. The lowest BCUT2D eigenvalue weighted by atomic mass is 9.57. The van der Waals surface area contributed by atoms with Crippen molar-refractivity contribution in [3.8, 4) is 0 Å². The monoisotopic (exact) mass is 515 g/mol. The molecule has 2 fully saturated rings. The lowest BCUT2D eigenvalue weighted by Crippen LogP contribution is -2.57. The van der Waals surface area contributed by atoms with Crippen LogP contribution in [0.5, 0.6) is 0 Å². The Morgan fingerprint density at radius 3 is 2.70 bits per heavy atom. The van der Waals surface area contributed by atoms with Gasteiger partial charge in [0.25, 0.3) is 0 Å². The van der Waals surface area contributed by atoms with E-state index in [0.29, 0.717) is 5.69 Å². The van der Waals surface area contributed by atoms with Gasteiger partial charge in [-0.15, -0.1) is 0 Å². The summed E-state index contributed by atoms with van der Waals surface area (Å²) in [6, 6.07) is 3.37. The Kier molecular flexibility index (Phi) is 6.85. The predicted octanol–water partition coefficient (Wildman–Crippen LogP) is 2.40. The molecule has 37 heavy (non-hydrogen) atoms. The summed E-state index contributed by atoms with van der Waals surface area (Å²) in [6.07, 6.45) is 3.53. The highest BCUT2D eigenvalue weighted by Crippen LogP contribution is 2.61. The van der Waals surface area contributed by atoms with Gasteiger partial charge >= 0.3 is 11.9 Å². The number of esters is 2. The molecule has 0 unspecified atom stereocenters. The highest BCUT2D eigenvalue weighted by atomic mass is 16.6. The number of ether oxygens (including phenoxy) is 4. The number of aliphatic hydroxyl groups excluding tert-OH is 2. The average molecular weight is 516 g/mol. The van der Waals surface area contributed by atoms with Crippen LogP contribution in [-0.2, 0) is 23.7 Å². The third-order valence-corrected chi connectivity index (χ3v) is 8.94. The predicted molar refractivity (Wildman–Crippen MR) is 132 cm³/mol. The first-order valence-corrected chi connectivity index (χ1v) is 13.1. The molecular weight excluding hydrogens is 478 g/mol. The molecule has 1 saturated heterocycles. The van der Waals surface area contributed by atoms with Crippen molar-refractivity contribution in [3.63, 3.8) is 0 Å². The number of aromatic nitrogens is 1. The Bertz CT molecular complexity index is 1080. The van der Waals surface area contributed by atoms with Crippen molar-refractivity contribution in [3.05, 3.63) is 47.8 Å². The zero-order valence-electron chi connectivity index (χ0n) is 21.9. The second-order valence-corrected chi connectivity index (χ2v) is 11.1. The van der Waals surface area contributed by atoms with Crippen LogP contribution in [0.4, 0.5) is 0 Å². The molecule has 1 aromatic heterocycles. The molecule has 4 bridgehead atoms. The fraction of sp³-hybridized carbons (Fsp3) is 0.643. The summed E-state index contributed by atoms with van der Waals surface area (Å²) in [6.45, 7) is 7.35. The van der Waals surface area contributed by atoms with Crippen LogP contribution in [0.1, 0.15) is 44.6 Å². The summed E-state index contributed by atoms with van der Waals surface area (Å²) in [5.41, 5.74) is 0.301. The number of carbonyl (C=O) groups is 2. The first-order chi connectivity index (χ1) is 17.6. The third-order valence-electron chi connectivity index (χ3n) is 8.94. The molecule has 5 rings (SSSR count). The third kappa shape index (κ3) is 4.07. The Morgan fingerprint density at radius 1 is 1.30 bits per heavy atom. The molecule has 1 spiro atoms. The van der Waals surface area contributed by atoms with Crippen LogP contribution in [0.2, 0.25) is 0 Å². The van der Waals surface area contributed by atoms with E-state index < -0.39 is 54.2 Å². The molecule has 0 aromatic carbocycles. The summed E-state index contributed by atoms with van der Waals surface area (Å²) < 4.78 is 24.2. The zero-order valence-corrected chi connectivity index (χ0v) is 21.9. The molecule has 1 aromatic rings. The van der Waals surface area contributed by atoms with Crippen molar-refractivity contribution in [1.29, 1.82) is 0 Å². The van der Waals surface area contributed by atoms with Crippen LogP contribution in [0.3, 0.4) is 0 Å². The minimum Gasteiger partial charge on any atom is -0.457 e. The van der Waals surface area contributed by atoms with Crippen molar-refractivity contribution < 1.29 is 38.7 Å². The number of hydrogen-bond acceptors (Lipinski definition) is 8. The largest absolute Gasteiger partial charge is 0.457 e. The van der Waals surface area contributed by atoms with Gasteiger partial charge in [-0.2, -0.15) is 0 Å². The van der Waals surface area contributed by atoms with Gasteiger partial charge < -0.3 is 34.1 Å². The van der Waals surface area contributed by atoms with Gasteiger partial charge in [0.2, 0.25) is 0 Å². The van der Waals surface area contributed by atoms with E-state index in [-0.39, 0.29) is 36.0 Å². The maximum atomic E-state index is 13.1. The van der Waals surface area contributed by atoms with E-state index in [1.807, 2.05) is 39.0 Å². The SMILES string of the molecule is CO[C@H]1C[C@H]2C=C[C@H]3[C@H]4O[C@]2(C(C)=C[C@@H](C)[C@@H]([C@@H](C)O)OC1=O)[C@@H]3[C@H](O)[C@@H](C)[C@H]4OC(=O)c1ccc[nH]1. The molecule has 9 heteroatoms. The highest BCUT2D eigenvalue weighted by Gasteiger charge is 2.69. The molecule has 0 radical (unpaired) electrons. The summed E-state index contributed by atoms with van der Waals surface area (Å²) in [5, 5.41) is 22.1. The maximum Gasteiger partial charge on any atom is 0.355 e. The number of nitrogens with one attached hydrogen (secondary N) is 1. The van der Waals surface area contributed by atoms with Gasteiger partial charge in [-0.05, 0) is 38.0 Å². The molecule has 2 aliphatic carbocycles. The quantitative estimate of drug-likeness (QED) is 0.412. The van der Waals surface area contributed by atoms with E-state index in [2.05, 4.69) is 4.98 Å². The Labute approximate surface area is 216 Å². The summed E-state index contributed by atoms with van der Waals surface area (Å²) in [4.78, 5) is 28.8. The van der Waals surface area contributed by atoms with Crippen molar-refractivity contribution in [1.82, 2.24) is 4.98 Å². The first kappa shape index (κ1) is 26.2. The van der Waals surface area contributed by atoms with Gasteiger partial charge in [0.1, 0.15) is 29.6 Å². The number of hydrogen-bond donors (Lipinski definition) is 3. The van der Waals surface area contributed by atoms with Crippen LogP contribution in [0, 0.1) is 29.6 Å². The van der Waals surface area contributed by atoms with E-state index in [9.17, 15) is 19.8 Å². The fourth-order valence-corrected chi connectivity index (χ4v) is 7.14. The maximum absolute atomic E-state index is 13.1. The Morgan fingerprint density at radius 2 is 2.05 bits per heavy atom. The standard InChI is InChI=1S/C28H37NO8/c1-13-11-14(2)28-17(12-20(34-5)27(33)35-23(13)16(4)30)8-9-18-21(28)22(31)15(3)24(25(18)37-28)36-26(32)19-7-6-10-29-19/h6-11,13,15-18,20-25,29-31H,12H2,1-5H3/t13-,15-,16-,17-,18-,20+,21+,22-,23+,24-,25-,28+/m1/s1. The molecule has 202 valence electrons. The number of cyclic esters (lactones) is 1. The van der Waals surface area contributed by atoms with Crippen molar-refractivity contribution in [2.75, 3.05) is 7.11 Å². The zero-order chi connectivity index (χ0) is 26.6. The lowest BCUT2D eigenvalue weighted by Gasteiger charge is -2.48. The van der Waals surface area contributed by atoms with Crippen molar-refractivity contribution >= 4 is 11.9 Å². The topological polar surface area (TPSA) is 127 Å². The molecular formula is C28H37NO8. The second kappa shape index (κ2) is 9.69. The fourth-order valence-electron chi connectivity index (χ4n) is 7.14. The second-order valence-electron chi connectivity index (χ2n) is 11.1. The van der Waals surface area contributed by atoms with Gasteiger partial charge in [-0.1, -0.05) is 32.1 Å². The van der Waals surface area contributed by atoms with Crippen LogP contribution in [-0.4, -0.2) is 76.5 Å². The van der Waals surface area contributed by atoms with Crippen LogP contribution < -0.4 is 0 Å². The molecule has 0 amide bonds. The molecule has 1 saturated carbocycles. The van der Waals surface area contributed by atoms with Gasteiger partial charge in [0, 0.05) is 42.9 Å². The number of rotatable bonds is 4. The van der Waals surface area contributed by atoms with Gasteiger partial charge in [0.05, 0.1) is 12.2 Å². The number of H-pyrrole nitrogens is 1. The van der Waals surface area contributed by atoms with Crippen LogP contribution in [0.25, 0.3) is 0 Å². The minimum atomic E-state index is -0.933. The average Bonchev–Trinajstić information content (AvgIpc) is 3.46. The lowest BCUT2D eigenvalue weighted by molar-refractivity contribution is -0.172. The smallest absolute Gasteiger partial charge is 0.355 e. The van der Waals surface area contributed by atoms with E-state index >= 15 is 0 Å². The molecule has 12 atom stereocenters. The number of carbonyl (C=O) groups excluding carboxylic acids is 2. The van der Waals surface area contributed by atoms with Crippen LogP contribution in [0.15, 0.2) is 42.1 Å². The van der Waals surface area contributed by atoms with Crippen molar-refractivity contribution in [2.45, 2.75) is 76.3 Å². The van der Waals surface area contributed by atoms with Crippen molar-refractivity contribution in [2.24, 2.45) is 29.6 Å². The molecule has 4 aliphatic rings. The van der Waals surface area contributed by atoms with E-state index in [0.717, 1.165) is 5.57 Å². The van der Waals surface area contributed by atoms with E-state index in [1.54, 1.807) is 25.3 Å². The summed E-state index contributed by atoms with van der Waals surface area (Å²) in [7, 11) is 1.46. The molecule has 3 N–H and O–H groups in total. The van der Waals surface area contributed by atoms with Gasteiger partial charge in [-0.25, -0.2) is 9.59 Å². The number of aromatic amines is 1. The van der Waals surface area contributed by atoms with Gasteiger partial charge in [0.15, 0.2) is 6.10 Å². The molecule has 3 heterocycles. The molecule has 2 aliphatic heterocycles. The van der Waals surface area contributed by atoms with E-state index in [1.165, 1.54) is 7.11 Å². The van der Waals surface area contributed by atoms with Gasteiger partial charge in [-0.3, -0.25) is 0 Å². The Hall–Kier alpha value is -2.46. The Balaban J connectivity index is 1.58. The van der Waals surface area contributed by atoms with E-state index in [4.69, 9.17) is 18.9 Å². The minimum absolute atomic E-state index is 0.175. The first-order valence-electron chi connectivity index (χ1n) is 13.1. The molecule has 9 nitrogen and oxygen atoms in total. The number of methoxy groups -OCH3 is 1. The summed E-state index contributed by atoms with van der Waals surface area (Å²) in [5.74, 6) is -2.49.